The predicted molar refractivity (Wildman–Crippen MR) is 121 cm³/mol. The van der Waals surface area contributed by atoms with Crippen molar-refractivity contribution in [2.45, 2.75) is 26.3 Å². The summed E-state index contributed by atoms with van der Waals surface area (Å²) in [5, 5.41) is 0.562. The topological polar surface area (TPSA) is 55.8 Å². The van der Waals surface area contributed by atoms with Crippen LogP contribution in [0.2, 0.25) is 10.0 Å². The molecule has 0 atom stereocenters. The lowest BCUT2D eigenvalue weighted by atomic mass is 10.1. The Bertz CT molecular complexity index is 993. The molecule has 0 unspecified atom stereocenters. The van der Waals surface area contributed by atoms with Gasteiger partial charge in [-0.3, -0.25) is 14.5 Å². The molecule has 8 heteroatoms. The van der Waals surface area contributed by atoms with Crippen LogP contribution in [0.5, 0.6) is 11.5 Å². The van der Waals surface area contributed by atoms with Crippen molar-refractivity contribution in [1.29, 1.82) is 0 Å². The van der Waals surface area contributed by atoms with E-state index in [0.29, 0.717) is 38.6 Å². The number of thioether (sulfide) groups is 1. The normalized spacial score (nSPS) is 15.2. The Labute approximate surface area is 189 Å². The molecule has 158 valence electrons. The molecule has 2 aromatic carbocycles. The zero-order valence-corrected chi connectivity index (χ0v) is 18.9. The van der Waals surface area contributed by atoms with Crippen molar-refractivity contribution < 1.29 is 19.1 Å². The van der Waals surface area contributed by atoms with Crippen molar-refractivity contribution in [2.24, 2.45) is 0 Å². The Morgan fingerprint density at radius 3 is 2.60 bits per heavy atom. The number of hydrogen-bond donors (Lipinski definition) is 0. The van der Waals surface area contributed by atoms with Gasteiger partial charge in [0.15, 0.2) is 11.5 Å². The molecule has 0 aliphatic carbocycles. The molecule has 2 amide bonds. The van der Waals surface area contributed by atoms with Crippen LogP contribution in [0.1, 0.15) is 30.9 Å². The Balaban J connectivity index is 1.77. The van der Waals surface area contributed by atoms with E-state index in [4.69, 9.17) is 32.7 Å². The molecule has 1 saturated heterocycles. The highest BCUT2D eigenvalue weighted by Crippen LogP contribution is 2.36. The summed E-state index contributed by atoms with van der Waals surface area (Å²) in [5.41, 5.74) is 1.39. The van der Waals surface area contributed by atoms with Crippen LogP contribution in [-0.4, -0.2) is 29.8 Å². The van der Waals surface area contributed by atoms with Gasteiger partial charge >= 0.3 is 0 Å². The third-order valence-corrected chi connectivity index (χ3v) is 5.95. The molecule has 0 N–H and O–H groups in total. The number of benzene rings is 2. The number of carbonyl (C=O) groups excluding carboxylic acids is 2. The van der Waals surface area contributed by atoms with E-state index in [9.17, 15) is 9.59 Å². The third-order valence-electron chi connectivity index (χ3n) is 4.46. The maximum absolute atomic E-state index is 12.8. The molecule has 0 spiro atoms. The van der Waals surface area contributed by atoms with Gasteiger partial charge in [-0.15, -0.1) is 0 Å². The Hall–Kier alpha value is -2.15. The van der Waals surface area contributed by atoms with Crippen LogP contribution in [0.15, 0.2) is 41.3 Å². The lowest BCUT2D eigenvalue weighted by molar-refractivity contribution is -0.123. The summed E-state index contributed by atoms with van der Waals surface area (Å²) in [6.45, 7) is 2.79. The number of carbonyl (C=O) groups is 2. The lowest BCUT2D eigenvalue weighted by Crippen LogP contribution is -2.27. The van der Waals surface area contributed by atoms with Gasteiger partial charge in [0.2, 0.25) is 0 Å². The van der Waals surface area contributed by atoms with Gasteiger partial charge in [0.25, 0.3) is 11.1 Å². The average Bonchev–Trinajstić information content (AvgIpc) is 2.98. The standard InChI is InChI=1S/C22H21Cl2NO4S/c1-3-4-9-29-18-8-5-14(10-19(18)28-2)11-20-21(26)25(22(27)30-20)13-15-6-7-16(23)12-17(15)24/h5-8,10-12H,3-4,9,13H2,1-2H3/b20-11-. The van der Waals surface area contributed by atoms with Gasteiger partial charge in [-0.05, 0) is 59.7 Å². The summed E-state index contributed by atoms with van der Waals surface area (Å²) in [4.78, 5) is 26.7. The zero-order chi connectivity index (χ0) is 21.7. The number of methoxy groups -OCH3 is 1. The summed E-state index contributed by atoms with van der Waals surface area (Å²) in [5.74, 6) is 0.860. The Morgan fingerprint density at radius 2 is 1.90 bits per heavy atom. The van der Waals surface area contributed by atoms with Gasteiger partial charge in [-0.1, -0.05) is 48.7 Å². The smallest absolute Gasteiger partial charge is 0.293 e. The molecule has 1 aliphatic rings. The van der Waals surface area contributed by atoms with Crippen molar-refractivity contribution in [2.75, 3.05) is 13.7 Å². The van der Waals surface area contributed by atoms with Crippen molar-refractivity contribution in [1.82, 2.24) is 4.90 Å². The van der Waals surface area contributed by atoms with Crippen molar-refractivity contribution in [3.8, 4) is 11.5 Å². The maximum Gasteiger partial charge on any atom is 0.293 e. The zero-order valence-electron chi connectivity index (χ0n) is 16.6. The molecule has 0 saturated carbocycles. The fourth-order valence-electron chi connectivity index (χ4n) is 2.83. The molecule has 0 aromatic heterocycles. The van der Waals surface area contributed by atoms with Crippen molar-refractivity contribution in [3.05, 3.63) is 62.5 Å². The van der Waals surface area contributed by atoms with Gasteiger partial charge in [-0.25, -0.2) is 0 Å². The van der Waals surface area contributed by atoms with E-state index in [2.05, 4.69) is 6.92 Å². The molecular formula is C22H21Cl2NO4S. The monoisotopic (exact) mass is 465 g/mol. The SMILES string of the molecule is CCCCOc1ccc(/C=C2\SC(=O)N(Cc3ccc(Cl)cc3Cl)C2=O)cc1OC. The summed E-state index contributed by atoms with van der Waals surface area (Å²) in [7, 11) is 1.57. The van der Waals surface area contributed by atoms with E-state index < -0.39 is 0 Å². The van der Waals surface area contributed by atoms with Crippen LogP contribution in [0.4, 0.5) is 4.79 Å². The van der Waals surface area contributed by atoms with E-state index in [-0.39, 0.29) is 17.7 Å². The Kier molecular flexibility index (Phi) is 7.69. The molecule has 0 radical (unpaired) electrons. The van der Waals surface area contributed by atoms with Crippen molar-refractivity contribution >= 4 is 52.2 Å². The first kappa shape index (κ1) is 22.5. The third kappa shape index (κ3) is 5.31. The molecular weight excluding hydrogens is 445 g/mol. The first-order chi connectivity index (χ1) is 14.4. The highest BCUT2D eigenvalue weighted by molar-refractivity contribution is 8.18. The first-order valence-corrected chi connectivity index (χ1v) is 11.0. The second kappa shape index (κ2) is 10.2. The van der Waals surface area contributed by atoms with E-state index >= 15 is 0 Å². The highest BCUT2D eigenvalue weighted by atomic mass is 35.5. The fourth-order valence-corrected chi connectivity index (χ4v) is 4.13. The van der Waals surface area contributed by atoms with E-state index in [1.807, 2.05) is 6.07 Å². The summed E-state index contributed by atoms with van der Waals surface area (Å²) in [6.07, 6.45) is 3.67. The number of halogens is 2. The molecule has 1 aliphatic heterocycles. The van der Waals surface area contributed by atoms with Crippen molar-refractivity contribution in [3.63, 3.8) is 0 Å². The fraction of sp³-hybridized carbons (Fsp3) is 0.273. The summed E-state index contributed by atoms with van der Waals surface area (Å²) in [6, 6.07) is 10.4. The van der Waals surface area contributed by atoms with Gasteiger partial charge in [0.05, 0.1) is 25.2 Å². The first-order valence-electron chi connectivity index (χ1n) is 9.43. The van der Waals surface area contributed by atoms with Crippen LogP contribution in [-0.2, 0) is 11.3 Å². The quantitative estimate of drug-likeness (QED) is 0.332. The molecule has 0 bridgehead atoms. The largest absolute Gasteiger partial charge is 0.493 e. The van der Waals surface area contributed by atoms with Gasteiger partial charge < -0.3 is 9.47 Å². The second-order valence-electron chi connectivity index (χ2n) is 6.62. The number of unbranched alkanes of at least 4 members (excludes halogenated alkanes) is 1. The summed E-state index contributed by atoms with van der Waals surface area (Å²) >= 11 is 13.0. The second-order valence-corrected chi connectivity index (χ2v) is 8.45. The number of imide groups is 1. The van der Waals surface area contributed by atoms with Gasteiger partial charge in [-0.2, -0.15) is 0 Å². The summed E-state index contributed by atoms with van der Waals surface area (Å²) < 4.78 is 11.1. The maximum atomic E-state index is 12.8. The molecule has 5 nitrogen and oxygen atoms in total. The number of nitrogens with zero attached hydrogens (tertiary/aromatic N) is 1. The number of ether oxygens (including phenoxy) is 2. The number of hydrogen-bond acceptors (Lipinski definition) is 5. The van der Waals surface area contributed by atoms with E-state index in [1.165, 1.54) is 4.90 Å². The minimum atomic E-state index is -0.363. The Morgan fingerprint density at radius 1 is 1.10 bits per heavy atom. The van der Waals surface area contributed by atoms with E-state index in [1.54, 1.807) is 43.5 Å². The molecule has 1 heterocycles. The van der Waals surface area contributed by atoms with Crippen LogP contribution in [0.3, 0.4) is 0 Å². The van der Waals surface area contributed by atoms with Crippen LogP contribution in [0, 0.1) is 0 Å². The van der Waals surface area contributed by atoms with Gasteiger partial charge in [0, 0.05) is 10.0 Å². The van der Waals surface area contributed by atoms with E-state index in [0.717, 1.165) is 30.2 Å². The number of rotatable bonds is 8. The minimum absolute atomic E-state index is 0.0888. The van der Waals surface area contributed by atoms with Crippen LogP contribution in [0.25, 0.3) is 6.08 Å². The molecule has 2 aromatic rings. The van der Waals surface area contributed by atoms with Crippen LogP contribution >= 0.6 is 35.0 Å². The molecule has 3 rings (SSSR count). The lowest BCUT2D eigenvalue weighted by Gasteiger charge is -2.13. The van der Waals surface area contributed by atoms with Gasteiger partial charge in [0.1, 0.15) is 0 Å². The average molecular weight is 466 g/mol. The highest BCUT2D eigenvalue weighted by Gasteiger charge is 2.35. The minimum Gasteiger partial charge on any atom is -0.493 e. The molecule has 30 heavy (non-hydrogen) atoms. The number of amides is 2. The molecule has 1 fully saturated rings. The predicted octanol–water partition coefficient (Wildman–Crippen LogP) is 6.42. The van der Waals surface area contributed by atoms with Crippen LogP contribution < -0.4 is 9.47 Å².